The lowest BCUT2D eigenvalue weighted by Gasteiger charge is -2.04. The lowest BCUT2D eigenvalue weighted by molar-refractivity contribution is 0.317. The monoisotopic (exact) mass is 259 g/mol. The minimum atomic E-state index is -3.87. The molecule has 0 aromatic rings. The molecule has 8 nitrogen and oxygen atoms in total. The fourth-order valence-corrected chi connectivity index (χ4v) is 3.71. The van der Waals surface area contributed by atoms with Gasteiger partial charge in [-0.15, -0.1) is 0 Å². The summed E-state index contributed by atoms with van der Waals surface area (Å²) in [7, 11) is -7.47. The first-order valence-corrected chi connectivity index (χ1v) is 7.49. The van der Waals surface area contributed by atoms with Crippen molar-refractivity contribution in [2.45, 2.75) is 6.42 Å². The molecule has 0 heterocycles. The largest absolute Gasteiger partial charge is 0.409 e. The smallest absolute Gasteiger partial charge is 0.226 e. The molecule has 0 aromatic heterocycles. The van der Waals surface area contributed by atoms with Crippen molar-refractivity contribution in [3.8, 4) is 0 Å². The summed E-state index contributed by atoms with van der Waals surface area (Å²) in [5.74, 6) is -0.142. The molecule has 0 aliphatic rings. The molecule has 4 N–H and O–H groups in total. The Morgan fingerprint density at radius 1 is 1.40 bits per heavy atom. The zero-order valence-electron chi connectivity index (χ0n) is 8.04. The Morgan fingerprint density at radius 3 is 2.33 bits per heavy atom. The number of sulfone groups is 1. The van der Waals surface area contributed by atoms with Crippen molar-refractivity contribution < 1.29 is 22.0 Å². The van der Waals surface area contributed by atoms with Gasteiger partial charge in [0, 0.05) is 19.2 Å². The van der Waals surface area contributed by atoms with Crippen molar-refractivity contribution >= 4 is 25.7 Å². The molecule has 0 amide bonds. The van der Waals surface area contributed by atoms with Crippen LogP contribution < -0.4 is 10.5 Å². The molecule has 0 fully saturated rings. The lowest BCUT2D eigenvalue weighted by atomic mass is 10.4. The van der Waals surface area contributed by atoms with Gasteiger partial charge in [-0.05, 0) is 0 Å². The van der Waals surface area contributed by atoms with Crippen LogP contribution in [0, 0.1) is 0 Å². The summed E-state index contributed by atoms with van der Waals surface area (Å²) in [6.45, 7) is -0.117. The molecule has 0 aromatic carbocycles. The first kappa shape index (κ1) is 14.1. The normalized spacial score (nSPS) is 14.1. The summed E-state index contributed by atoms with van der Waals surface area (Å²) in [6, 6.07) is 0. The van der Waals surface area contributed by atoms with Crippen molar-refractivity contribution in [3.05, 3.63) is 0 Å². The predicted octanol–water partition coefficient (Wildman–Crippen LogP) is -1.96. The third-order valence-corrected chi connectivity index (χ3v) is 4.80. The summed E-state index contributed by atoms with van der Waals surface area (Å²) in [5.41, 5.74) is 5.08. The van der Waals surface area contributed by atoms with Gasteiger partial charge in [0.2, 0.25) is 10.0 Å². The second kappa shape index (κ2) is 5.28. The maximum absolute atomic E-state index is 11.1. The van der Waals surface area contributed by atoms with Crippen molar-refractivity contribution in [2.75, 3.05) is 17.9 Å². The van der Waals surface area contributed by atoms with Crippen molar-refractivity contribution in [3.63, 3.8) is 0 Å². The SMILES string of the molecule is CS(=O)(=O)CS(=O)(=O)NCCC(N)=NO. The van der Waals surface area contributed by atoms with E-state index in [0.29, 0.717) is 0 Å². The summed E-state index contributed by atoms with van der Waals surface area (Å²) in [6.07, 6.45) is 0.815. The second-order valence-corrected chi connectivity index (χ2v) is 7.21. The van der Waals surface area contributed by atoms with Crippen LogP contribution in [0.15, 0.2) is 5.16 Å². The van der Waals surface area contributed by atoms with Gasteiger partial charge >= 0.3 is 0 Å². The van der Waals surface area contributed by atoms with Gasteiger partial charge in [-0.2, -0.15) is 0 Å². The molecule has 0 saturated carbocycles. The van der Waals surface area contributed by atoms with E-state index in [-0.39, 0.29) is 18.8 Å². The molecule has 90 valence electrons. The van der Waals surface area contributed by atoms with E-state index in [1.807, 2.05) is 4.72 Å². The molecule has 0 rings (SSSR count). The molecule has 0 bridgehead atoms. The van der Waals surface area contributed by atoms with Gasteiger partial charge in [-0.1, -0.05) is 5.16 Å². The molecular weight excluding hydrogens is 246 g/mol. The molecule has 0 saturated heterocycles. The predicted molar refractivity (Wildman–Crippen MR) is 54.7 cm³/mol. The molecule has 0 aliphatic heterocycles. The first-order valence-electron chi connectivity index (χ1n) is 3.78. The molecule has 0 radical (unpaired) electrons. The van der Waals surface area contributed by atoms with Gasteiger partial charge in [-0.3, -0.25) is 0 Å². The summed E-state index contributed by atoms with van der Waals surface area (Å²) in [5, 5.41) is 9.79. The van der Waals surface area contributed by atoms with Crippen LogP contribution in [0.1, 0.15) is 6.42 Å². The van der Waals surface area contributed by atoms with Crippen molar-refractivity contribution in [1.82, 2.24) is 4.72 Å². The highest BCUT2D eigenvalue weighted by molar-refractivity contribution is 8.06. The Labute approximate surface area is 88.1 Å². The quantitative estimate of drug-likeness (QED) is 0.219. The number of hydrogen-bond donors (Lipinski definition) is 3. The Morgan fingerprint density at radius 2 is 1.93 bits per heavy atom. The second-order valence-electron chi connectivity index (χ2n) is 2.89. The Kier molecular flexibility index (Phi) is 4.97. The van der Waals surface area contributed by atoms with E-state index in [2.05, 4.69) is 5.16 Å². The maximum Gasteiger partial charge on any atom is 0.226 e. The minimum Gasteiger partial charge on any atom is -0.409 e. The summed E-state index contributed by atoms with van der Waals surface area (Å²) >= 11 is 0. The van der Waals surface area contributed by atoms with Gasteiger partial charge in [0.15, 0.2) is 14.9 Å². The highest BCUT2D eigenvalue weighted by Gasteiger charge is 2.17. The van der Waals surface area contributed by atoms with Crippen LogP contribution in [0.25, 0.3) is 0 Å². The first-order chi connectivity index (χ1) is 6.66. The third kappa shape index (κ3) is 8.15. The van der Waals surface area contributed by atoms with Crippen LogP contribution in [-0.2, 0) is 19.9 Å². The van der Waals surface area contributed by atoms with Gasteiger partial charge < -0.3 is 10.9 Å². The van der Waals surface area contributed by atoms with Crippen LogP contribution >= 0.6 is 0 Å². The topological polar surface area (TPSA) is 139 Å². The number of hydrogen-bond acceptors (Lipinski definition) is 6. The fraction of sp³-hybridized carbons (Fsp3) is 0.800. The van der Waals surface area contributed by atoms with Gasteiger partial charge in [0.25, 0.3) is 0 Å². The van der Waals surface area contributed by atoms with E-state index in [1.54, 1.807) is 0 Å². The van der Waals surface area contributed by atoms with E-state index in [4.69, 9.17) is 10.9 Å². The van der Waals surface area contributed by atoms with E-state index in [1.165, 1.54) is 0 Å². The number of rotatable bonds is 6. The standard InChI is InChI=1S/C5H13N3O5S2/c1-14(10,11)4-15(12,13)7-3-2-5(6)8-9/h7,9H,2-4H2,1H3,(H2,6,8). The minimum absolute atomic E-state index is 0.000504. The zero-order chi connectivity index (χ0) is 12.1. The molecule has 0 aliphatic carbocycles. The van der Waals surface area contributed by atoms with Crippen LogP contribution in [0.3, 0.4) is 0 Å². The highest BCUT2D eigenvalue weighted by atomic mass is 32.3. The number of sulfonamides is 1. The Hall–Kier alpha value is -0.870. The summed E-state index contributed by atoms with van der Waals surface area (Å²) in [4.78, 5) is 0. The van der Waals surface area contributed by atoms with E-state index in [9.17, 15) is 16.8 Å². The average molecular weight is 259 g/mol. The van der Waals surface area contributed by atoms with Crippen molar-refractivity contribution in [2.24, 2.45) is 10.9 Å². The molecule has 10 heteroatoms. The van der Waals surface area contributed by atoms with Crippen LogP contribution in [0.5, 0.6) is 0 Å². The van der Waals surface area contributed by atoms with Crippen LogP contribution in [-0.4, -0.2) is 45.8 Å². The van der Waals surface area contributed by atoms with Crippen LogP contribution in [0.4, 0.5) is 0 Å². The van der Waals surface area contributed by atoms with Crippen LogP contribution in [0.2, 0.25) is 0 Å². The highest BCUT2D eigenvalue weighted by Crippen LogP contribution is 1.92. The van der Waals surface area contributed by atoms with E-state index < -0.39 is 24.9 Å². The van der Waals surface area contributed by atoms with Gasteiger partial charge in [-0.25, -0.2) is 21.6 Å². The molecule has 0 unspecified atom stereocenters. The van der Waals surface area contributed by atoms with Crippen molar-refractivity contribution in [1.29, 1.82) is 0 Å². The Balaban J connectivity index is 4.19. The number of nitrogens with two attached hydrogens (primary N) is 1. The lowest BCUT2D eigenvalue weighted by Crippen LogP contribution is -2.32. The van der Waals surface area contributed by atoms with E-state index >= 15 is 0 Å². The average Bonchev–Trinajstić information content (AvgIpc) is 1.98. The fourth-order valence-electron chi connectivity index (χ4n) is 0.708. The number of nitrogens with zero attached hydrogens (tertiary/aromatic N) is 1. The van der Waals surface area contributed by atoms with E-state index in [0.717, 1.165) is 6.26 Å². The molecule has 0 atom stereocenters. The number of nitrogens with one attached hydrogen (secondary N) is 1. The Bertz CT molecular complexity index is 424. The van der Waals surface area contributed by atoms with Gasteiger partial charge in [0.1, 0.15) is 5.84 Å². The molecule has 15 heavy (non-hydrogen) atoms. The maximum atomic E-state index is 11.1. The zero-order valence-corrected chi connectivity index (χ0v) is 9.68. The summed E-state index contributed by atoms with van der Waals surface area (Å²) < 4.78 is 45.6. The van der Waals surface area contributed by atoms with Gasteiger partial charge in [0.05, 0.1) is 0 Å². The molecule has 0 spiro atoms. The third-order valence-electron chi connectivity index (χ3n) is 1.20. The molecular formula is C5H13N3O5S2. The number of amidine groups is 1. The number of oxime groups is 1.